The van der Waals surface area contributed by atoms with Crippen molar-refractivity contribution in [2.24, 2.45) is 0 Å². The van der Waals surface area contributed by atoms with Gasteiger partial charge in [-0.2, -0.15) is 0 Å². The highest BCUT2D eigenvalue weighted by atomic mass is 17.2. The first-order valence-corrected chi connectivity index (χ1v) is 4.22. The largest absolute Gasteiger partial charge is 0.378 e. The molecule has 0 radical (unpaired) electrons. The Bertz CT molecular complexity index is 196. The Morgan fingerprint density at radius 3 is 2.54 bits per heavy atom. The third-order valence-corrected chi connectivity index (χ3v) is 1.22. The molecule has 4 nitrogen and oxygen atoms in total. The molecule has 74 valence electrons. The Labute approximate surface area is 77.4 Å². The third kappa shape index (κ3) is 8.59. The van der Waals surface area contributed by atoms with Crippen LogP contribution in [0, 0.1) is 0 Å². The lowest BCUT2D eigenvalue weighted by Crippen LogP contribution is -2.05. The molecule has 0 aliphatic carbocycles. The Hall–Kier alpha value is -1.32. The van der Waals surface area contributed by atoms with E-state index in [1.807, 2.05) is 0 Å². The molecule has 0 saturated carbocycles. The topological polar surface area (TPSA) is 52.6 Å². The number of allylic oxidation sites excluding steroid dienone is 1. The van der Waals surface area contributed by atoms with Crippen molar-refractivity contribution in [3.63, 3.8) is 0 Å². The van der Waals surface area contributed by atoms with Crippen LogP contribution in [-0.2, 0) is 19.4 Å². The second kappa shape index (κ2) is 7.34. The van der Waals surface area contributed by atoms with Crippen LogP contribution in [0.2, 0.25) is 0 Å². The number of unbranched alkanes of at least 4 members (excludes halogenated alkanes) is 2. The Kier molecular flexibility index (Phi) is 6.59. The Morgan fingerprint density at radius 1 is 1.31 bits per heavy atom. The maximum Gasteiger partial charge on any atom is 0.378 e. The summed E-state index contributed by atoms with van der Waals surface area (Å²) in [5, 5.41) is 0. The van der Waals surface area contributed by atoms with Gasteiger partial charge in [0.1, 0.15) is 0 Å². The van der Waals surface area contributed by atoms with Crippen molar-refractivity contribution in [3.8, 4) is 0 Å². The van der Waals surface area contributed by atoms with Gasteiger partial charge in [-0.15, -0.1) is 0 Å². The van der Waals surface area contributed by atoms with Gasteiger partial charge >= 0.3 is 11.9 Å². The first kappa shape index (κ1) is 11.7. The average molecular weight is 186 g/mol. The fourth-order valence-corrected chi connectivity index (χ4v) is 0.629. The zero-order chi connectivity index (χ0) is 10.1. The molecule has 0 rings (SSSR count). The van der Waals surface area contributed by atoms with Gasteiger partial charge in [-0.05, 0) is 6.42 Å². The smallest absolute Gasteiger partial charge is 0.248 e. The first-order chi connectivity index (χ1) is 6.16. The van der Waals surface area contributed by atoms with Crippen LogP contribution in [-0.4, -0.2) is 11.9 Å². The molecule has 13 heavy (non-hydrogen) atoms. The molecule has 0 fully saturated rings. The Morgan fingerprint density at radius 2 is 2.00 bits per heavy atom. The monoisotopic (exact) mass is 186 g/mol. The average Bonchev–Trinajstić information content (AvgIpc) is 2.09. The molecular weight excluding hydrogens is 172 g/mol. The van der Waals surface area contributed by atoms with Crippen LogP contribution in [0.25, 0.3) is 0 Å². The number of rotatable bonds is 4. The second-order valence-electron chi connectivity index (χ2n) is 2.52. The lowest BCUT2D eigenvalue weighted by molar-refractivity contribution is -0.253. The van der Waals surface area contributed by atoms with Crippen molar-refractivity contribution < 1.29 is 19.4 Å². The summed E-state index contributed by atoms with van der Waals surface area (Å²) in [7, 11) is 0. The zero-order valence-corrected chi connectivity index (χ0v) is 7.91. The summed E-state index contributed by atoms with van der Waals surface area (Å²) in [6.45, 7) is 3.22. The summed E-state index contributed by atoms with van der Waals surface area (Å²) < 4.78 is 0. The third-order valence-electron chi connectivity index (χ3n) is 1.22. The van der Waals surface area contributed by atoms with Gasteiger partial charge in [0, 0.05) is 13.0 Å². The van der Waals surface area contributed by atoms with Crippen molar-refractivity contribution in [1.82, 2.24) is 0 Å². The van der Waals surface area contributed by atoms with Gasteiger partial charge in [-0.1, -0.05) is 25.8 Å². The fraction of sp³-hybridized carbons (Fsp3) is 0.556. The Balaban J connectivity index is 3.49. The molecule has 0 aromatic heterocycles. The highest BCUT2D eigenvalue weighted by molar-refractivity contribution is 5.82. The molecule has 0 N–H and O–H groups in total. The van der Waals surface area contributed by atoms with Crippen molar-refractivity contribution in [1.29, 1.82) is 0 Å². The standard InChI is InChI=1S/C9H14O4/c1-3-4-5-6-7-9(11)13-12-8(2)10/h6-7H,3-5H2,1-2H3/b7-6+. The van der Waals surface area contributed by atoms with Gasteiger partial charge in [0.05, 0.1) is 0 Å². The second-order valence-corrected chi connectivity index (χ2v) is 2.52. The minimum absolute atomic E-state index is 0.643. The summed E-state index contributed by atoms with van der Waals surface area (Å²) in [5.74, 6) is -1.30. The lowest BCUT2D eigenvalue weighted by Gasteiger charge is -1.95. The molecule has 4 heteroatoms. The highest BCUT2D eigenvalue weighted by Gasteiger charge is 1.99. The minimum atomic E-state index is -0.661. The van der Waals surface area contributed by atoms with E-state index < -0.39 is 11.9 Å². The van der Waals surface area contributed by atoms with Crippen LogP contribution < -0.4 is 0 Å². The van der Waals surface area contributed by atoms with E-state index in [0.29, 0.717) is 0 Å². The quantitative estimate of drug-likeness (QED) is 0.290. The molecule has 0 aromatic carbocycles. The number of hydrogen-bond donors (Lipinski definition) is 0. The molecule has 0 unspecified atom stereocenters. The molecule has 0 bridgehead atoms. The normalized spacial score (nSPS) is 10.0. The van der Waals surface area contributed by atoms with Crippen molar-refractivity contribution in [2.75, 3.05) is 0 Å². The van der Waals surface area contributed by atoms with E-state index in [0.717, 1.165) is 26.2 Å². The maximum atomic E-state index is 10.7. The van der Waals surface area contributed by atoms with Crippen LogP contribution >= 0.6 is 0 Å². The van der Waals surface area contributed by atoms with E-state index in [-0.39, 0.29) is 0 Å². The predicted molar refractivity (Wildman–Crippen MR) is 46.5 cm³/mol. The first-order valence-electron chi connectivity index (χ1n) is 4.22. The molecule has 0 atom stereocenters. The lowest BCUT2D eigenvalue weighted by atomic mass is 10.2. The molecule has 0 spiro atoms. The number of carbonyl (C=O) groups is 2. The van der Waals surface area contributed by atoms with Gasteiger partial charge < -0.3 is 0 Å². The summed E-state index contributed by atoms with van der Waals surface area (Å²) in [6, 6.07) is 0. The van der Waals surface area contributed by atoms with E-state index in [2.05, 4.69) is 16.7 Å². The highest BCUT2D eigenvalue weighted by Crippen LogP contribution is 1.95. The van der Waals surface area contributed by atoms with E-state index in [1.54, 1.807) is 6.08 Å². The SMILES string of the molecule is CCCC/C=C/C(=O)OOC(C)=O. The predicted octanol–water partition coefficient (Wildman–Crippen LogP) is 1.75. The van der Waals surface area contributed by atoms with Gasteiger partial charge in [-0.25, -0.2) is 19.4 Å². The van der Waals surface area contributed by atoms with Crippen LogP contribution in [0.15, 0.2) is 12.2 Å². The van der Waals surface area contributed by atoms with E-state index >= 15 is 0 Å². The molecule has 0 heterocycles. The summed E-state index contributed by atoms with van der Waals surface area (Å²) in [4.78, 5) is 29.1. The van der Waals surface area contributed by atoms with E-state index in [9.17, 15) is 9.59 Å². The van der Waals surface area contributed by atoms with Gasteiger partial charge in [0.25, 0.3) is 0 Å². The molecule has 0 aliphatic rings. The number of hydrogen-bond acceptors (Lipinski definition) is 4. The molecule has 0 saturated heterocycles. The summed E-state index contributed by atoms with van der Waals surface area (Å²) >= 11 is 0. The fourth-order valence-electron chi connectivity index (χ4n) is 0.629. The van der Waals surface area contributed by atoms with Crippen molar-refractivity contribution >= 4 is 11.9 Å². The summed E-state index contributed by atoms with van der Waals surface area (Å²) in [6.07, 6.45) is 5.86. The van der Waals surface area contributed by atoms with Crippen LogP contribution in [0.4, 0.5) is 0 Å². The molecule has 0 aliphatic heterocycles. The van der Waals surface area contributed by atoms with Gasteiger partial charge in [-0.3, -0.25) is 0 Å². The zero-order valence-electron chi connectivity index (χ0n) is 7.91. The van der Waals surface area contributed by atoms with Crippen LogP contribution in [0.3, 0.4) is 0 Å². The van der Waals surface area contributed by atoms with Crippen LogP contribution in [0.5, 0.6) is 0 Å². The van der Waals surface area contributed by atoms with Crippen molar-refractivity contribution in [3.05, 3.63) is 12.2 Å². The number of carbonyl (C=O) groups excluding carboxylic acids is 2. The van der Waals surface area contributed by atoms with Crippen molar-refractivity contribution in [2.45, 2.75) is 33.1 Å². The van der Waals surface area contributed by atoms with E-state index in [1.165, 1.54) is 6.08 Å². The molecular formula is C9H14O4. The summed E-state index contributed by atoms with van der Waals surface area (Å²) in [5.41, 5.74) is 0. The van der Waals surface area contributed by atoms with Gasteiger partial charge in [0.15, 0.2) is 0 Å². The molecule has 0 aromatic rings. The minimum Gasteiger partial charge on any atom is -0.248 e. The molecule has 0 amide bonds. The van der Waals surface area contributed by atoms with Gasteiger partial charge in [0.2, 0.25) is 0 Å². The van der Waals surface area contributed by atoms with E-state index in [4.69, 9.17) is 0 Å². The maximum absolute atomic E-state index is 10.7. The van der Waals surface area contributed by atoms with Crippen LogP contribution in [0.1, 0.15) is 33.1 Å².